The van der Waals surface area contributed by atoms with Gasteiger partial charge in [0, 0.05) is 30.9 Å². The number of carbonyl (C=O) groups is 1. The van der Waals surface area contributed by atoms with E-state index in [0.29, 0.717) is 13.0 Å². The van der Waals surface area contributed by atoms with E-state index in [1.807, 2.05) is 26.0 Å². The fourth-order valence-corrected chi connectivity index (χ4v) is 1.36. The molecule has 0 aliphatic rings. The van der Waals surface area contributed by atoms with Crippen molar-refractivity contribution in [2.24, 2.45) is 5.73 Å². The Morgan fingerprint density at radius 2 is 2.40 bits per heavy atom. The predicted octanol–water partition coefficient (Wildman–Crippen LogP) is 0.744. The van der Waals surface area contributed by atoms with E-state index in [1.165, 1.54) is 0 Å². The van der Waals surface area contributed by atoms with Gasteiger partial charge in [-0.1, -0.05) is 6.07 Å². The normalized spacial score (nSPS) is 12.4. The fraction of sp³-hybridized carbons (Fsp3) is 0.455. The number of nitrogens with one attached hydrogen (secondary N) is 1. The lowest BCUT2D eigenvalue weighted by Gasteiger charge is -2.12. The summed E-state index contributed by atoms with van der Waals surface area (Å²) in [7, 11) is 0. The zero-order valence-electron chi connectivity index (χ0n) is 9.16. The van der Waals surface area contributed by atoms with E-state index in [4.69, 9.17) is 5.73 Å². The maximum Gasteiger partial charge on any atom is 0.218 e. The molecule has 0 aliphatic carbocycles. The van der Waals surface area contributed by atoms with Crippen LogP contribution >= 0.6 is 0 Å². The zero-order chi connectivity index (χ0) is 11.3. The first-order chi connectivity index (χ1) is 7.09. The van der Waals surface area contributed by atoms with Crippen molar-refractivity contribution >= 4 is 5.91 Å². The van der Waals surface area contributed by atoms with Crippen LogP contribution in [-0.2, 0) is 11.3 Å². The van der Waals surface area contributed by atoms with Gasteiger partial charge in [-0.15, -0.1) is 0 Å². The van der Waals surface area contributed by atoms with Gasteiger partial charge in [0.05, 0.1) is 0 Å². The van der Waals surface area contributed by atoms with Crippen LogP contribution in [0.2, 0.25) is 0 Å². The maximum atomic E-state index is 10.7. The largest absolute Gasteiger partial charge is 0.370 e. The van der Waals surface area contributed by atoms with Crippen LogP contribution in [0.1, 0.15) is 24.6 Å². The molecule has 0 radical (unpaired) electrons. The molecule has 1 heterocycles. The summed E-state index contributed by atoms with van der Waals surface area (Å²) in [5.74, 6) is -0.280. The van der Waals surface area contributed by atoms with Gasteiger partial charge in [-0.05, 0) is 25.5 Å². The summed E-state index contributed by atoms with van der Waals surface area (Å²) in [4.78, 5) is 14.8. The SMILES string of the molecule is Cc1ncccc1CNC(C)CC(N)=O. The second kappa shape index (κ2) is 5.46. The summed E-state index contributed by atoms with van der Waals surface area (Å²) in [5, 5.41) is 3.23. The minimum absolute atomic E-state index is 0.0992. The number of pyridine rings is 1. The average molecular weight is 207 g/mol. The van der Waals surface area contributed by atoms with Crippen LogP contribution in [0.4, 0.5) is 0 Å². The Labute approximate surface area is 89.9 Å². The van der Waals surface area contributed by atoms with E-state index < -0.39 is 0 Å². The Kier molecular flexibility index (Phi) is 4.24. The lowest BCUT2D eigenvalue weighted by atomic mass is 10.1. The molecule has 0 spiro atoms. The summed E-state index contributed by atoms with van der Waals surface area (Å²) in [6.45, 7) is 4.63. The number of rotatable bonds is 5. The first-order valence-electron chi connectivity index (χ1n) is 5.01. The van der Waals surface area contributed by atoms with Gasteiger partial charge in [0.25, 0.3) is 0 Å². The smallest absolute Gasteiger partial charge is 0.218 e. The predicted molar refractivity (Wildman–Crippen MR) is 59.1 cm³/mol. The van der Waals surface area contributed by atoms with Gasteiger partial charge in [0.1, 0.15) is 0 Å². The minimum atomic E-state index is -0.280. The number of amides is 1. The van der Waals surface area contributed by atoms with Gasteiger partial charge >= 0.3 is 0 Å². The molecule has 0 aromatic carbocycles. The Hall–Kier alpha value is -1.42. The van der Waals surface area contributed by atoms with Crippen LogP contribution in [0.3, 0.4) is 0 Å². The molecule has 1 atom stereocenters. The molecule has 82 valence electrons. The summed E-state index contributed by atoms with van der Waals surface area (Å²) in [6.07, 6.45) is 2.13. The van der Waals surface area contributed by atoms with Gasteiger partial charge in [0.15, 0.2) is 0 Å². The van der Waals surface area contributed by atoms with E-state index in [0.717, 1.165) is 11.3 Å². The van der Waals surface area contributed by atoms with Gasteiger partial charge < -0.3 is 11.1 Å². The number of carbonyl (C=O) groups excluding carboxylic acids is 1. The fourth-order valence-electron chi connectivity index (χ4n) is 1.36. The van der Waals surface area contributed by atoms with Crippen LogP contribution in [0.15, 0.2) is 18.3 Å². The molecule has 1 unspecified atom stereocenters. The van der Waals surface area contributed by atoms with Gasteiger partial charge in [-0.25, -0.2) is 0 Å². The lowest BCUT2D eigenvalue weighted by molar-refractivity contribution is -0.118. The minimum Gasteiger partial charge on any atom is -0.370 e. The Morgan fingerprint density at radius 1 is 1.67 bits per heavy atom. The molecular weight excluding hydrogens is 190 g/mol. The molecule has 0 saturated heterocycles. The maximum absolute atomic E-state index is 10.7. The number of nitrogens with two attached hydrogens (primary N) is 1. The highest BCUT2D eigenvalue weighted by Gasteiger charge is 2.05. The molecular formula is C11H17N3O. The monoisotopic (exact) mass is 207 g/mol. The molecule has 4 heteroatoms. The summed E-state index contributed by atoms with van der Waals surface area (Å²) in [5.41, 5.74) is 7.26. The van der Waals surface area contributed by atoms with Crippen molar-refractivity contribution < 1.29 is 4.79 Å². The second-order valence-electron chi connectivity index (χ2n) is 3.70. The van der Waals surface area contributed by atoms with Crippen LogP contribution in [0.25, 0.3) is 0 Å². The molecule has 0 aliphatic heterocycles. The first kappa shape index (κ1) is 11.7. The van der Waals surface area contributed by atoms with Crippen molar-refractivity contribution in [1.29, 1.82) is 0 Å². The number of hydrogen-bond donors (Lipinski definition) is 2. The van der Waals surface area contributed by atoms with Gasteiger partial charge in [0.2, 0.25) is 5.91 Å². The standard InChI is InChI=1S/C11H17N3O/c1-8(6-11(12)15)14-7-10-4-3-5-13-9(10)2/h3-5,8,14H,6-7H2,1-2H3,(H2,12,15). The second-order valence-corrected chi connectivity index (χ2v) is 3.70. The van der Waals surface area contributed by atoms with Gasteiger partial charge in [-0.2, -0.15) is 0 Å². The first-order valence-corrected chi connectivity index (χ1v) is 5.01. The molecule has 1 rings (SSSR count). The van der Waals surface area contributed by atoms with Crippen LogP contribution in [0, 0.1) is 6.92 Å². The summed E-state index contributed by atoms with van der Waals surface area (Å²) < 4.78 is 0. The van der Waals surface area contributed by atoms with E-state index in [1.54, 1.807) is 6.20 Å². The van der Waals surface area contributed by atoms with Crippen molar-refractivity contribution in [3.8, 4) is 0 Å². The number of nitrogens with zero attached hydrogens (tertiary/aromatic N) is 1. The number of primary amides is 1. The van der Waals surface area contributed by atoms with E-state index in [-0.39, 0.29) is 11.9 Å². The molecule has 0 saturated carbocycles. The van der Waals surface area contributed by atoms with Crippen LogP contribution in [0.5, 0.6) is 0 Å². The third-order valence-electron chi connectivity index (χ3n) is 2.26. The average Bonchev–Trinajstić information content (AvgIpc) is 2.15. The molecule has 1 aromatic heterocycles. The van der Waals surface area contributed by atoms with Gasteiger partial charge in [-0.3, -0.25) is 9.78 Å². The molecule has 1 aromatic rings. The molecule has 4 nitrogen and oxygen atoms in total. The third-order valence-corrected chi connectivity index (χ3v) is 2.26. The number of aromatic nitrogens is 1. The van der Waals surface area contributed by atoms with E-state index >= 15 is 0 Å². The summed E-state index contributed by atoms with van der Waals surface area (Å²) >= 11 is 0. The Balaban J connectivity index is 2.43. The molecule has 15 heavy (non-hydrogen) atoms. The van der Waals surface area contributed by atoms with Crippen LogP contribution < -0.4 is 11.1 Å². The molecule has 3 N–H and O–H groups in total. The Morgan fingerprint density at radius 3 is 3.00 bits per heavy atom. The van der Waals surface area contributed by atoms with Crippen molar-refractivity contribution in [2.75, 3.05) is 0 Å². The van der Waals surface area contributed by atoms with Crippen LogP contribution in [-0.4, -0.2) is 16.9 Å². The zero-order valence-corrected chi connectivity index (χ0v) is 9.16. The summed E-state index contributed by atoms with van der Waals surface area (Å²) in [6, 6.07) is 4.02. The lowest BCUT2D eigenvalue weighted by Crippen LogP contribution is -2.30. The Bertz CT molecular complexity index is 338. The van der Waals surface area contributed by atoms with E-state index in [2.05, 4.69) is 10.3 Å². The topological polar surface area (TPSA) is 68.0 Å². The van der Waals surface area contributed by atoms with Crippen molar-refractivity contribution in [2.45, 2.75) is 32.9 Å². The number of aryl methyl sites for hydroxylation is 1. The highest BCUT2D eigenvalue weighted by atomic mass is 16.1. The van der Waals surface area contributed by atoms with Crippen molar-refractivity contribution in [3.05, 3.63) is 29.6 Å². The molecule has 0 fully saturated rings. The molecule has 1 amide bonds. The third kappa shape index (κ3) is 4.08. The van der Waals surface area contributed by atoms with Crippen molar-refractivity contribution in [3.63, 3.8) is 0 Å². The van der Waals surface area contributed by atoms with E-state index in [9.17, 15) is 4.79 Å². The highest BCUT2D eigenvalue weighted by molar-refractivity contribution is 5.74. The molecule has 0 bridgehead atoms. The quantitative estimate of drug-likeness (QED) is 0.748. The highest BCUT2D eigenvalue weighted by Crippen LogP contribution is 2.03. The van der Waals surface area contributed by atoms with Crippen molar-refractivity contribution in [1.82, 2.24) is 10.3 Å². The number of hydrogen-bond acceptors (Lipinski definition) is 3.